The van der Waals surface area contributed by atoms with Crippen molar-refractivity contribution in [3.63, 3.8) is 0 Å². The van der Waals surface area contributed by atoms with Crippen molar-refractivity contribution in [2.45, 2.75) is 18.6 Å². The topological polar surface area (TPSA) is 37.4 Å². The minimum Gasteiger partial charge on any atom is -0.311 e. The van der Waals surface area contributed by atoms with Gasteiger partial charge in [-0.25, -0.2) is 4.39 Å². The fourth-order valence-electron chi connectivity index (χ4n) is 2.71. The first-order chi connectivity index (χ1) is 11.0. The molecule has 1 atom stereocenters. The van der Waals surface area contributed by atoms with Crippen LogP contribution in [0.5, 0.6) is 0 Å². The lowest BCUT2D eigenvalue weighted by molar-refractivity contribution is -0.117. The Kier molecular flexibility index (Phi) is 4.48. The van der Waals surface area contributed by atoms with Crippen LogP contribution in [0, 0.1) is 5.82 Å². The van der Waals surface area contributed by atoms with E-state index < -0.39 is 0 Å². The van der Waals surface area contributed by atoms with E-state index in [1.54, 1.807) is 17.0 Å². The quantitative estimate of drug-likeness (QED) is 0.857. The van der Waals surface area contributed by atoms with Gasteiger partial charge in [0.1, 0.15) is 5.82 Å². The third-order valence-corrected chi connectivity index (χ3v) is 4.76. The van der Waals surface area contributed by atoms with Crippen molar-refractivity contribution in [2.24, 2.45) is 0 Å². The molecule has 3 rings (SSSR count). The summed E-state index contributed by atoms with van der Waals surface area (Å²) in [5.41, 5.74) is 2.72. The summed E-state index contributed by atoms with van der Waals surface area (Å²) in [6, 6.07) is 13.9. The van der Waals surface area contributed by atoms with Crippen LogP contribution >= 0.6 is 11.8 Å². The van der Waals surface area contributed by atoms with E-state index in [0.717, 1.165) is 16.8 Å². The first-order valence-corrected chi connectivity index (χ1v) is 8.24. The molecular formula is C18H16FNO2S. The van der Waals surface area contributed by atoms with Crippen molar-refractivity contribution in [3.05, 3.63) is 54.3 Å². The first-order valence-electron chi connectivity index (χ1n) is 7.36. The lowest BCUT2D eigenvalue weighted by Gasteiger charge is -2.17. The lowest BCUT2D eigenvalue weighted by atomic mass is 10.1. The zero-order valence-corrected chi connectivity index (χ0v) is 13.5. The number of benzene rings is 2. The van der Waals surface area contributed by atoms with Crippen molar-refractivity contribution in [1.29, 1.82) is 0 Å². The van der Waals surface area contributed by atoms with Gasteiger partial charge in [-0.2, -0.15) is 0 Å². The maximum atomic E-state index is 13.0. The summed E-state index contributed by atoms with van der Waals surface area (Å²) in [7, 11) is 0. The summed E-state index contributed by atoms with van der Waals surface area (Å²) in [6.45, 7) is 2.08. The van der Waals surface area contributed by atoms with Crippen molar-refractivity contribution in [2.75, 3.05) is 11.4 Å². The number of nitrogens with zero attached hydrogens (tertiary/aromatic N) is 1. The van der Waals surface area contributed by atoms with Crippen LogP contribution in [0.15, 0.2) is 48.5 Å². The van der Waals surface area contributed by atoms with Gasteiger partial charge >= 0.3 is 0 Å². The number of carbonyl (C=O) groups is 2. The number of carbonyl (C=O) groups excluding carboxylic acids is 2. The molecule has 1 aliphatic heterocycles. The van der Waals surface area contributed by atoms with Crippen molar-refractivity contribution in [3.8, 4) is 11.1 Å². The van der Waals surface area contributed by atoms with E-state index in [1.807, 2.05) is 24.3 Å². The summed E-state index contributed by atoms with van der Waals surface area (Å²) >= 11 is 1.23. The van der Waals surface area contributed by atoms with Crippen molar-refractivity contribution < 1.29 is 14.0 Å². The summed E-state index contributed by atoms with van der Waals surface area (Å²) < 4.78 is 13.0. The molecule has 23 heavy (non-hydrogen) atoms. The van der Waals surface area contributed by atoms with E-state index in [1.165, 1.54) is 30.8 Å². The van der Waals surface area contributed by atoms with Crippen LogP contribution in [0.25, 0.3) is 11.1 Å². The van der Waals surface area contributed by atoms with Gasteiger partial charge in [-0.15, -0.1) is 0 Å². The number of thioether (sulfide) groups is 1. The monoisotopic (exact) mass is 329 g/mol. The highest BCUT2D eigenvalue weighted by Crippen LogP contribution is 2.30. The molecule has 1 aliphatic rings. The second-order valence-electron chi connectivity index (χ2n) is 5.49. The second kappa shape index (κ2) is 6.54. The average Bonchev–Trinajstić information content (AvgIpc) is 2.88. The Hall–Kier alpha value is -2.14. The molecule has 1 saturated heterocycles. The summed E-state index contributed by atoms with van der Waals surface area (Å²) in [6.07, 6.45) is 0.393. The Labute approximate surface area is 138 Å². The molecule has 0 aliphatic carbocycles. The van der Waals surface area contributed by atoms with Gasteiger partial charge in [-0.3, -0.25) is 9.59 Å². The van der Waals surface area contributed by atoms with Gasteiger partial charge in [-0.1, -0.05) is 36.0 Å². The number of hydrogen-bond acceptors (Lipinski definition) is 3. The van der Waals surface area contributed by atoms with Gasteiger partial charge in [0, 0.05) is 30.8 Å². The van der Waals surface area contributed by atoms with Crippen LogP contribution < -0.4 is 4.90 Å². The standard InChI is InChI=1S/C18H16FNO2S/c1-12(21)23-17-10-18(22)20(11-17)16-8-4-14(5-9-16)13-2-6-15(19)7-3-13/h2-9,17H,10-11H2,1H3. The van der Waals surface area contributed by atoms with Crippen molar-refractivity contribution in [1.82, 2.24) is 0 Å². The van der Waals surface area contributed by atoms with Crippen LogP contribution in [0.1, 0.15) is 13.3 Å². The summed E-state index contributed by atoms with van der Waals surface area (Å²) in [4.78, 5) is 25.0. The third kappa shape index (κ3) is 3.62. The molecule has 0 spiro atoms. The molecule has 2 aromatic rings. The molecule has 1 unspecified atom stereocenters. The van der Waals surface area contributed by atoms with Gasteiger partial charge in [0.25, 0.3) is 0 Å². The lowest BCUT2D eigenvalue weighted by Crippen LogP contribution is -2.24. The maximum absolute atomic E-state index is 13.0. The molecule has 2 aromatic carbocycles. The third-order valence-electron chi connectivity index (χ3n) is 3.78. The SMILES string of the molecule is CC(=O)SC1CC(=O)N(c2ccc(-c3ccc(F)cc3)cc2)C1. The zero-order chi connectivity index (χ0) is 16.4. The van der Waals surface area contributed by atoms with Crippen LogP contribution in [-0.4, -0.2) is 22.8 Å². The highest BCUT2D eigenvalue weighted by atomic mass is 32.2. The normalized spacial score (nSPS) is 17.6. The minimum atomic E-state index is -0.262. The number of anilines is 1. The molecule has 0 bridgehead atoms. The Balaban J connectivity index is 1.76. The van der Waals surface area contributed by atoms with Crippen LogP contribution in [0.2, 0.25) is 0 Å². The Bertz CT molecular complexity index is 728. The first kappa shape index (κ1) is 15.7. The molecule has 0 N–H and O–H groups in total. The largest absolute Gasteiger partial charge is 0.311 e. The van der Waals surface area contributed by atoms with E-state index in [9.17, 15) is 14.0 Å². The molecule has 5 heteroatoms. The number of hydrogen-bond donors (Lipinski definition) is 0. The summed E-state index contributed by atoms with van der Waals surface area (Å²) in [5, 5.41) is 0.0630. The van der Waals surface area contributed by atoms with Gasteiger partial charge in [0.05, 0.1) is 0 Å². The summed E-state index contributed by atoms with van der Waals surface area (Å²) in [5.74, 6) is -0.222. The van der Waals surface area contributed by atoms with Crippen molar-refractivity contribution >= 4 is 28.5 Å². The fraction of sp³-hybridized carbons (Fsp3) is 0.222. The van der Waals surface area contributed by atoms with Crippen LogP contribution in [0.4, 0.5) is 10.1 Å². The predicted molar refractivity (Wildman–Crippen MR) is 90.9 cm³/mol. The zero-order valence-electron chi connectivity index (χ0n) is 12.7. The molecule has 1 amide bonds. The highest BCUT2D eigenvalue weighted by molar-refractivity contribution is 8.14. The smallest absolute Gasteiger partial charge is 0.228 e. The molecule has 0 aromatic heterocycles. The van der Waals surface area contributed by atoms with E-state index in [-0.39, 0.29) is 22.1 Å². The molecule has 3 nitrogen and oxygen atoms in total. The molecule has 0 radical (unpaired) electrons. The Morgan fingerprint density at radius 1 is 1.09 bits per heavy atom. The number of halogens is 1. The van der Waals surface area contributed by atoms with E-state index in [2.05, 4.69) is 0 Å². The average molecular weight is 329 g/mol. The van der Waals surface area contributed by atoms with Crippen LogP contribution in [0.3, 0.4) is 0 Å². The van der Waals surface area contributed by atoms with Crippen LogP contribution in [-0.2, 0) is 9.59 Å². The van der Waals surface area contributed by atoms with E-state index in [0.29, 0.717) is 13.0 Å². The van der Waals surface area contributed by atoms with Gasteiger partial charge in [-0.05, 0) is 35.4 Å². The van der Waals surface area contributed by atoms with Gasteiger partial charge in [0.2, 0.25) is 5.91 Å². The Morgan fingerprint density at radius 2 is 1.65 bits per heavy atom. The predicted octanol–water partition coefficient (Wildman–Crippen LogP) is 3.88. The highest BCUT2D eigenvalue weighted by Gasteiger charge is 2.31. The maximum Gasteiger partial charge on any atom is 0.228 e. The van der Waals surface area contributed by atoms with E-state index >= 15 is 0 Å². The van der Waals surface area contributed by atoms with E-state index in [4.69, 9.17) is 0 Å². The number of amides is 1. The molecule has 118 valence electrons. The van der Waals surface area contributed by atoms with Gasteiger partial charge < -0.3 is 4.90 Å². The second-order valence-corrected chi connectivity index (χ2v) is 6.97. The minimum absolute atomic E-state index is 0.0248. The van der Waals surface area contributed by atoms with Gasteiger partial charge in [0.15, 0.2) is 5.12 Å². The Morgan fingerprint density at radius 3 is 2.22 bits per heavy atom. The molecule has 1 fully saturated rings. The molecule has 1 heterocycles. The number of rotatable bonds is 3. The molecule has 0 saturated carbocycles. The fourth-order valence-corrected chi connectivity index (χ4v) is 3.63. The molecular weight excluding hydrogens is 313 g/mol.